The lowest BCUT2D eigenvalue weighted by atomic mass is 10.1. The van der Waals surface area contributed by atoms with Crippen molar-refractivity contribution in [3.05, 3.63) is 0 Å². The van der Waals surface area contributed by atoms with Crippen LogP contribution >= 0.6 is 0 Å². The van der Waals surface area contributed by atoms with E-state index in [-0.39, 0.29) is 18.9 Å². The van der Waals surface area contributed by atoms with Gasteiger partial charge in [-0.15, -0.1) is 0 Å². The van der Waals surface area contributed by atoms with Crippen molar-refractivity contribution in [1.82, 2.24) is 10.2 Å². The highest BCUT2D eigenvalue weighted by molar-refractivity contribution is 5.77. The third-order valence-electron chi connectivity index (χ3n) is 4.01. The molecular formula is C19H34N2O6. The van der Waals surface area contributed by atoms with Crippen LogP contribution in [-0.2, 0) is 19.1 Å². The lowest BCUT2D eigenvalue weighted by Gasteiger charge is -2.33. The second-order valence-corrected chi connectivity index (χ2v) is 8.90. The van der Waals surface area contributed by atoms with E-state index in [0.717, 1.165) is 12.8 Å². The summed E-state index contributed by atoms with van der Waals surface area (Å²) in [6.45, 7) is 11.7. The highest BCUT2D eigenvalue weighted by atomic mass is 16.6. The van der Waals surface area contributed by atoms with Crippen LogP contribution in [0.1, 0.15) is 67.2 Å². The number of hydrogen-bond donors (Lipinski definition) is 2. The summed E-state index contributed by atoms with van der Waals surface area (Å²) in [6.07, 6.45) is 1.23. The van der Waals surface area contributed by atoms with Gasteiger partial charge in [-0.2, -0.15) is 0 Å². The van der Waals surface area contributed by atoms with Gasteiger partial charge in [0.05, 0.1) is 0 Å². The number of amides is 1. The molecule has 27 heavy (non-hydrogen) atoms. The Bertz CT molecular complexity index is 535. The van der Waals surface area contributed by atoms with Gasteiger partial charge in [0.15, 0.2) is 0 Å². The minimum Gasteiger partial charge on any atom is -0.481 e. The largest absolute Gasteiger partial charge is 0.481 e. The summed E-state index contributed by atoms with van der Waals surface area (Å²) in [5, 5.41) is 11.8. The van der Waals surface area contributed by atoms with E-state index >= 15 is 0 Å². The number of likely N-dealkylation sites (tertiary alicyclic amines) is 1. The fourth-order valence-electron chi connectivity index (χ4n) is 3.05. The van der Waals surface area contributed by atoms with Crippen LogP contribution in [0, 0.1) is 0 Å². The average molecular weight is 386 g/mol. The molecule has 8 nitrogen and oxygen atoms in total. The lowest BCUT2D eigenvalue weighted by molar-refractivity contribution is -0.162. The number of carboxylic acid groups (broad SMARTS) is 1. The third-order valence-corrected chi connectivity index (χ3v) is 4.01. The van der Waals surface area contributed by atoms with Crippen LogP contribution in [0.4, 0.5) is 4.79 Å². The van der Waals surface area contributed by atoms with Crippen LogP contribution in [0.3, 0.4) is 0 Å². The van der Waals surface area contributed by atoms with E-state index in [4.69, 9.17) is 14.6 Å². The van der Waals surface area contributed by atoms with Crippen molar-refractivity contribution in [2.75, 3.05) is 13.1 Å². The molecule has 1 aliphatic heterocycles. The van der Waals surface area contributed by atoms with Gasteiger partial charge in [-0.1, -0.05) is 0 Å². The molecule has 2 atom stereocenters. The zero-order valence-electron chi connectivity index (χ0n) is 17.3. The number of aliphatic carboxylic acids is 1. The Morgan fingerprint density at radius 2 is 1.70 bits per heavy atom. The summed E-state index contributed by atoms with van der Waals surface area (Å²) in [6, 6.07) is -0.711. The summed E-state index contributed by atoms with van der Waals surface area (Å²) < 4.78 is 10.7. The Kier molecular flexibility index (Phi) is 8.07. The maximum atomic E-state index is 12.7. The van der Waals surface area contributed by atoms with E-state index < -0.39 is 35.3 Å². The van der Waals surface area contributed by atoms with Crippen molar-refractivity contribution in [2.45, 2.75) is 90.5 Å². The quantitative estimate of drug-likeness (QED) is 0.648. The van der Waals surface area contributed by atoms with Crippen LogP contribution in [0.2, 0.25) is 0 Å². The summed E-state index contributed by atoms with van der Waals surface area (Å²) in [5.41, 5.74) is -1.23. The van der Waals surface area contributed by atoms with Crippen LogP contribution < -0.4 is 5.32 Å². The SMILES string of the molecule is CC(C)(C)OC(=O)NC[C@@H]1CCCN1C(CCC(=O)O)C(=O)OC(C)(C)C. The first-order valence-corrected chi connectivity index (χ1v) is 9.46. The Morgan fingerprint density at radius 1 is 1.11 bits per heavy atom. The molecular weight excluding hydrogens is 352 g/mol. The number of hydrogen-bond acceptors (Lipinski definition) is 6. The van der Waals surface area contributed by atoms with Gasteiger partial charge in [-0.05, 0) is 67.3 Å². The Hall–Kier alpha value is -1.83. The predicted molar refractivity (Wildman–Crippen MR) is 100 cm³/mol. The van der Waals surface area contributed by atoms with E-state index in [1.807, 2.05) is 4.90 Å². The summed E-state index contributed by atoms with van der Waals surface area (Å²) in [5.74, 6) is -1.38. The van der Waals surface area contributed by atoms with Gasteiger partial charge < -0.3 is 19.9 Å². The molecule has 0 aromatic rings. The van der Waals surface area contributed by atoms with E-state index in [1.54, 1.807) is 41.5 Å². The topological polar surface area (TPSA) is 105 Å². The van der Waals surface area contributed by atoms with Crippen LogP contribution in [0.25, 0.3) is 0 Å². The molecule has 0 spiro atoms. The minimum atomic E-state index is -0.953. The highest BCUT2D eigenvalue weighted by Gasteiger charge is 2.37. The molecule has 156 valence electrons. The normalized spacial score (nSPS) is 19.4. The van der Waals surface area contributed by atoms with Gasteiger partial charge in [0.1, 0.15) is 17.2 Å². The first-order valence-electron chi connectivity index (χ1n) is 9.46. The molecule has 0 saturated carbocycles. The number of esters is 1. The predicted octanol–water partition coefficient (Wildman–Crippen LogP) is 2.55. The van der Waals surface area contributed by atoms with E-state index in [0.29, 0.717) is 13.1 Å². The Labute approximate surface area is 161 Å². The van der Waals surface area contributed by atoms with Gasteiger partial charge >= 0.3 is 18.0 Å². The number of carbonyl (C=O) groups is 3. The standard InChI is InChI=1S/C19H34N2O6/c1-18(2,3)26-16(24)14(9-10-15(22)23)21-11-7-8-13(21)12-20-17(25)27-19(4,5)6/h13-14H,7-12H2,1-6H3,(H,20,25)(H,22,23)/t13-,14?/m0/s1. The molecule has 1 heterocycles. The highest BCUT2D eigenvalue weighted by Crippen LogP contribution is 2.24. The smallest absolute Gasteiger partial charge is 0.407 e. The van der Waals surface area contributed by atoms with E-state index in [2.05, 4.69) is 5.32 Å². The molecule has 2 N–H and O–H groups in total. The monoisotopic (exact) mass is 386 g/mol. The van der Waals surface area contributed by atoms with Crippen molar-refractivity contribution in [3.8, 4) is 0 Å². The molecule has 0 bridgehead atoms. The van der Waals surface area contributed by atoms with E-state index in [1.165, 1.54) is 0 Å². The van der Waals surface area contributed by atoms with Gasteiger partial charge in [0.2, 0.25) is 0 Å². The molecule has 1 saturated heterocycles. The maximum Gasteiger partial charge on any atom is 0.407 e. The molecule has 1 aliphatic rings. The maximum absolute atomic E-state index is 12.7. The summed E-state index contributed by atoms with van der Waals surface area (Å²) >= 11 is 0. The minimum absolute atomic E-state index is 0.0659. The van der Waals surface area contributed by atoms with Crippen molar-refractivity contribution < 1.29 is 29.0 Å². The van der Waals surface area contributed by atoms with Crippen molar-refractivity contribution in [3.63, 3.8) is 0 Å². The number of rotatable bonds is 7. The molecule has 1 fully saturated rings. The second kappa shape index (κ2) is 9.39. The van der Waals surface area contributed by atoms with Crippen molar-refractivity contribution in [2.24, 2.45) is 0 Å². The molecule has 1 unspecified atom stereocenters. The zero-order chi connectivity index (χ0) is 20.8. The molecule has 0 radical (unpaired) electrons. The van der Waals surface area contributed by atoms with E-state index in [9.17, 15) is 14.4 Å². The number of nitrogens with one attached hydrogen (secondary N) is 1. The molecule has 1 amide bonds. The molecule has 8 heteroatoms. The summed E-state index contributed by atoms with van der Waals surface area (Å²) in [4.78, 5) is 37.5. The van der Waals surface area contributed by atoms with Crippen LogP contribution in [-0.4, -0.2) is 64.4 Å². The van der Waals surface area contributed by atoms with Crippen LogP contribution in [0.15, 0.2) is 0 Å². The molecule has 0 aromatic carbocycles. The second-order valence-electron chi connectivity index (χ2n) is 8.90. The van der Waals surface area contributed by atoms with Gasteiger partial charge in [0, 0.05) is 19.0 Å². The van der Waals surface area contributed by atoms with Gasteiger partial charge in [0.25, 0.3) is 0 Å². The van der Waals surface area contributed by atoms with Crippen molar-refractivity contribution in [1.29, 1.82) is 0 Å². The number of alkyl carbamates (subject to hydrolysis) is 1. The third kappa shape index (κ3) is 9.08. The zero-order valence-corrected chi connectivity index (χ0v) is 17.3. The van der Waals surface area contributed by atoms with Crippen LogP contribution in [0.5, 0.6) is 0 Å². The van der Waals surface area contributed by atoms with Gasteiger partial charge in [-0.3, -0.25) is 14.5 Å². The molecule has 0 aliphatic carbocycles. The number of ether oxygens (including phenoxy) is 2. The fraction of sp³-hybridized carbons (Fsp3) is 0.842. The van der Waals surface area contributed by atoms with Gasteiger partial charge in [-0.25, -0.2) is 4.79 Å². The number of carbonyl (C=O) groups excluding carboxylic acids is 2. The Balaban J connectivity index is 2.78. The first-order chi connectivity index (χ1) is 12.3. The lowest BCUT2D eigenvalue weighted by Crippen LogP contribution is -2.50. The number of nitrogens with zero attached hydrogens (tertiary/aromatic N) is 1. The molecule has 1 rings (SSSR count). The summed E-state index contributed by atoms with van der Waals surface area (Å²) in [7, 11) is 0. The first kappa shape index (κ1) is 23.2. The number of carboxylic acids is 1. The average Bonchev–Trinajstić information content (AvgIpc) is 2.89. The fourth-order valence-corrected chi connectivity index (χ4v) is 3.05. The van der Waals surface area contributed by atoms with Crippen molar-refractivity contribution >= 4 is 18.0 Å². The Morgan fingerprint density at radius 3 is 2.22 bits per heavy atom. The molecule has 0 aromatic heterocycles.